The van der Waals surface area contributed by atoms with E-state index < -0.39 is 0 Å². The number of carbonyl (C=O) groups is 1. The first-order valence-corrected chi connectivity index (χ1v) is 8.94. The van der Waals surface area contributed by atoms with Crippen molar-refractivity contribution in [2.24, 2.45) is 0 Å². The van der Waals surface area contributed by atoms with Crippen LogP contribution in [0.25, 0.3) is 16.6 Å². The molecule has 0 radical (unpaired) electrons. The third kappa shape index (κ3) is 2.88. The first-order valence-electron chi connectivity index (χ1n) is 8.94. The van der Waals surface area contributed by atoms with Gasteiger partial charge in [-0.05, 0) is 49.8 Å². The van der Waals surface area contributed by atoms with E-state index in [4.69, 9.17) is 4.74 Å². The largest absolute Gasteiger partial charge is 0.368 e. The van der Waals surface area contributed by atoms with Crippen LogP contribution in [0.5, 0.6) is 0 Å². The van der Waals surface area contributed by atoms with E-state index in [1.165, 1.54) is 4.68 Å². The average molecular weight is 354 g/mol. The molecule has 1 aromatic carbocycles. The number of para-hydroxylation sites is 1. The van der Waals surface area contributed by atoms with E-state index in [-0.39, 0.29) is 23.7 Å². The quantitative estimate of drug-likeness (QED) is 0.773. The SMILES string of the molecule is Cc1cc2ccccc2n2c(=O)n(C[C@H](C)NC(=O)[C@H]3CCCO3)nc12. The molecule has 1 amide bonds. The number of carbonyl (C=O) groups excluding carboxylic acids is 1. The number of fused-ring (bicyclic) bond motifs is 3. The zero-order valence-corrected chi connectivity index (χ0v) is 14.9. The molecule has 0 aliphatic carbocycles. The molecule has 2 atom stereocenters. The monoisotopic (exact) mass is 354 g/mol. The van der Waals surface area contributed by atoms with Crippen LogP contribution in [0.15, 0.2) is 35.1 Å². The van der Waals surface area contributed by atoms with E-state index in [1.54, 1.807) is 4.40 Å². The normalized spacial score (nSPS) is 18.5. The van der Waals surface area contributed by atoms with Crippen molar-refractivity contribution in [1.29, 1.82) is 0 Å². The van der Waals surface area contributed by atoms with Crippen molar-refractivity contribution in [1.82, 2.24) is 19.5 Å². The number of pyridine rings is 1. The van der Waals surface area contributed by atoms with Crippen LogP contribution in [0.1, 0.15) is 25.3 Å². The third-order valence-corrected chi connectivity index (χ3v) is 4.80. The first-order chi connectivity index (χ1) is 12.5. The standard InChI is InChI=1S/C19H22N4O3/c1-12-10-14-6-3-4-7-15(14)23-17(12)21-22(19(23)25)11-13(2)20-18(24)16-8-5-9-26-16/h3-4,6-7,10,13,16H,5,8-9,11H2,1-2H3,(H,20,24)/t13-,16+/m0/s1. The van der Waals surface area contributed by atoms with Crippen LogP contribution in [-0.2, 0) is 16.1 Å². The first kappa shape index (κ1) is 16.8. The van der Waals surface area contributed by atoms with Gasteiger partial charge in [0.05, 0.1) is 12.1 Å². The molecule has 4 rings (SSSR count). The summed E-state index contributed by atoms with van der Waals surface area (Å²) in [4.78, 5) is 25.1. The fourth-order valence-corrected chi connectivity index (χ4v) is 3.54. The predicted molar refractivity (Wildman–Crippen MR) is 98.3 cm³/mol. The molecule has 0 spiro atoms. The van der Waals surface area contributed by atoms with Crippen LogP contribution in [0.3, 0.4) is 0 Å². The summed E-state index contributed by atoms with van der Waals surface area (Å²) in [6.45, 7) is 4.76. The summed E-state index contributed by atoms with van der Waals surface area (Å²) in [5.41, 5.74) is 2.22. The maximum absolute atomic E-state index is 12.9. The Labute approximate surface area is 150 Å². The Morgan fingerprint density at radius 1 is 1.42 bits per heavy atom. The molecule has 26 heavy (non-hydrogen) atoms. The number of aryl methyl sites for hydroxylation is 1. The minimum atomic E-state index is -0.374. The molecule has 136 valence electrons. The summed E-state index contributed by atoms with van der Waals surface area (Å²) in [7, 11) is 0. The number of hydrogen-bond acceptors (Lipinski definition) is 4. The summed E-state index contributed by atoms with van der Waals surface area (Å²) in [6.07, 6.45) is 1.28. The van der Waals surface area contributed by atoms with Gasteiger partial charge in [-0.15, -0.1) is 5.10 Å². The highest BCUT2D eigenvalue weighted by atomic mass is 16.5. The Morgan fingerprint density at radius 2 is 2.23 bits per heavy atom. The van der Waals surface area contributed by atoms with Gasteiger partial charge in [0, 0.05) is 12.6 Å². The van der Waals surface area contributed by atoms with Gasteiger partial charge >= 0.3 is 5.69 Å². The van der Waals surface area contributed by atoms with Crippen molar-refractivity contribution in [2.45, 2.75) is 45.4 Å². The molecule has 1 aliphatic heterocycles. The molecule has 2 aromatic heterocycles. The van der Waals surface area contributed by atoms with Crippen molar-refractivity contribution < 1.29 is 9.53 Å². The number of nitrogens with zero attached hydrogens (tertiary/aromatic N) is 3. The lowest BCUT2D eigenvalue weighted by Crippen LogP contribution is -2.43. The number of ether oxygens (including phenoxy) is 1. The molecule has 7 heteroatoms. The lowest BCUT2D eigenvalue weighted by atomic mass is 10.1. The van der Waals surface area contributed by atoms with Crippen LogP contribution in [0.2, 0.25) is 0 Å². The smallest absolute Gasteiger partial charge is 0.350 e. The zero-order chi connectivity index (χ0) is 18.3. The Balaban J connectivity index is 1.63. The van der Waals surface area contributed by atoms with Gasteiger partial charge < -0.3 is 10.1 Å². The fraction of sp³-hybridized carbons (Fsp3) is 0.421. The lowest BCUT2D eigenvalue weighted by molar-refractivity contribution is -0.130. The number of benzene rings is 1. The lowest BCUT2D eigenvalue weighted by Gasteiger charge is -2.16. The van der Waals surface area contributed by atoms with Gasteiger partial charge in [0.2, 0.25) is 5.91 Å². The number of aromatic nitrogens is 3. The predicted octanol–water partition coefficient (Wildman–Crippen LogP) is 1.64. The van der Waals surface area contributed by atoms with Crippen LogP contribution in [-0.4, -0.2) is 38.8 Å². The summed E-state index contributed by atoms with van der Waals surface area (Å²) in [5.74, 6) is -0.117. The highest BCUT2D eigenvalue weighted by Gasteiger charge is 2.25. The van der Waals surface area contributed by atoms with Gasteiger partial charge in [-0.2, -0.15) is 0 Å². The van der Waals surface area contributed by atoms with Crippen molar-refractivity contribution in [3.05, 3.63) is 46.4 Å². The van der Waals surface area contributed by atoms with E-state index in [1.807, 2.05) is 44.2 Å². The molecule has 3 heterocycles. The van der Waals surface area contributed by atoms with Gasteiger partial charge in [0.15, 0.2) is 5.65 Å². The molecule has 1 aliphatic rings. The van der Waals surface area contributed by atoms with Crippen LogP contribution in [0.4, 0.5) is 0 Å². The van der Waals surface area contributed by atoms with E-state index in [0.717, 1.165) is 29.3 Å². The maximum Gasteiger partial charge on any atom is 0.350 e. The van der Waals surface area contributed by atoms with Crippen LogP contribution >= 0.6 is 0 Å². The molecule has 1 N–H and O–H groups in total. The highest BCUT2D eigenvalue weighted by Crippen LogP contribution is 2.18. The van der Waals surface area contributed by atoms with Gasteiger partial charge in [0.25, 0.3) is 0 Å². The minimum absolute atomic E-state index is 0.117. The number of nitrogens with one attached hydrogen (secondary N) is 1. The molecule has 1 saturated heterocycles. The molecule has 0 saturated carbocycles. The molecule has 0 unspecified atom stereocenters. The second-order valence-corrected chi connectivity index (χ2v) is 6.92. The maximum atomic E-state index is 12.9. The molecule has 1 fully saturated rings. The molecular formula is C19H22N4O3. The zero-order valence-electron chi connectivity index (χ0n) is 14.9. The number of amides is 1. The molecule has 0 bridgehead atoms. The van der Waals surface area contributed by atoms with E-state index in [2.05, 4.69) is 10.4 Å². The van der Waals surface area contributed by atoms with Crippen molar-refractivity contribution in [3.63, 3.8) is 0 Å². The topological polar surface area (TPSA) is 77.6 Å². The van der Waals surface area contributed by atoms with Gasteiger partial charge in [-0.25, -0.2) is 13.9 Å². The Hall–Kier alpha value is -2.67. The van der Waals surface area contributed by atoms with Crippen molar-refractivity contribution in [2.75, 3.05) is 6.61 Å². The molecular weight excluding hydrogens is 332 g/mol. The summed E-state index contributed by atoms with van der Waals surface area (Å²) in [6, 6.07) is 9.57. The van der Waals surface area contributed by atoms with Crippen molar-refractivity contribution in [3.8, 4) is 0 Å². The molecule has 3 aromatic rings. The average Bonchev–Trinajstić information content (AvgIpc) is 3.25. The second kappa shape index (κ2) is 6.57. The highest BCUT2D eigenvalue weighted by molar-refractivity contribution is 5.83. The van der Waals surface area contributed by atoms with E-state index in [9.17, 15) is 9.59 Å². The van der Waals surface area contributed by atoms with Crippen LogP contribution in [0, 0.1) is 6.92 Å². The summed E-state index contributed by atoms with van der Waals surface area (Å²) in [5, 5.41) is 8.41. The van der Waals surface area contributed by atoms with Gasteiger partial charge in [-0.1, -0.05) is 18.2 Å². The fourth-order valence-electron chi connectivity index (χ4n) is 3.54. The minimum Gasteiger partial charge on any atom is -0.368 e. The second-order valence-electron chi connectivity index (χ2n) is 6.92. The number of rotatable bonds is 4. The van der Waals surface area contributed by atoms with Crippen LogP contribution < -0.4 is 11.0 Å². The Morgan fingerprint density at radius 3 is 3.00 bits per heavy atom. The van der Waals surface area contributed by atoms with E-state index >= 15 is 0 Å². The van der Waals surface area contributed by atoms with Gasteiger partial charge in [0.1, 0.15) is 6.10 Å². The third-order valence-electron chi connectivity index (χ3n) is 4.80. The summed E-state index contributed by atoms with van der Waals surface area (Å²) >= 11 is 0. The van der Waals surface area contributed by atoms with Gasteiger partial charge in [-0.3, -0.25) is 4.79 Å². The summed E-state index contributed by atoms with van der Waals surface area (Å²) < 4.78 is 8.47. The Kier molecular flexibility index (Phi) is 4.24. The number of hydrogen-bond donors (Lipinski definition) is 1. The Bertz CT molecular complexity index is 1030. The van der Waals surface area contributed by atoms with Crippen molar-refractivity contribution >= 4 is 22.5 Å². The van der Waals surface area contributed by atoms with E-state index in [0.29, 0.717) is 18.8 Å². The molecule has 7 nitrogen and oxygen atoms in total.